The predicted molar refractivity (Wildman–Crippen MR) is 50.8 cm³/mol. The normalized spacial score (nSPS) is 12.0. The first-order valence-corrected chi connectivity index (χ1v) is 4.13. The predicted octanol–water partition coefficient (Wildman–Crippen LogP) is 1.09. The fourth-order valence-corrected chi connectivity index (χ4v) is 0.898. The maximum atomic E-state index is 10.5. The Hall–Kier alpha value is -1.73. The lowest BCUT2D eigenvalue weighted by molar-refractivity contribution is 0.0696. The largest absolute Gasteiger partial charge is 0.478 e. The standard InChI is InChI=1S/C10H11NO3/c1-3-7(2)11-5-9-4-8(6-14-9)10(12)13/h1,4,6-7,11H,5H2,2H3,(H,12,13). The second kappa shape index (κ2) is 4.49. The monoisotopic (exact) mass is 193 g/mol. The molecule has 0 bridgehead atoms. The maximum absolute atomic E-state index is 10.5. The Bertz CT molecular complexity index is 362. The summed E-state index contributed by atoms with van der Waals surface area (Å²) in [7, 11) is 0. The van der Waals surface area contributed by atoms with Gasteiger partial charge in [-0.05, 0) is 13.0 Å². The van der Waals surface area contributed by atoms with Crippen LogP contribution in [0.2, 0.25) is 0 Å². The Morgan fingerprint density at radius 3 is 3.07 bits per heavy atom. The minimum Gasteiger partial charge on any atom is -0.478 e. The van der Waals surface area contributed by atoms with E-state index in [4.69, 9.17) is 15.9 Å². The second-order valence-electron chi connectivity index (χ2n) is 2.88. The van der Waals surface area contributed by atoms with Gasteiger partial charge in [0.25, 0.3) is 0 Å². The van der Waals surface area contributed by atoms with Crippen molar-refractivity contribution in [2.24, 2.45) is 0 Å². The Kier molecular flexibility index (Phi) is 3.32. The van der Waals surface area contributed by atoms with E-state index >= 15 is 0 Å². The van der Waals surface area contributed by atoms with Gasteiger partial charge >= 0.3 is 5.97 Å². The van der Waals surface area contributed by atoms with Crippen molar-refractivity contribution in [3.05, 3.63) is 23.7 Å². The maximum Gasteiger partial charge on any atom is 0.338 e. The molecule has 0 aliphatic rings. The number of rotatable bonds is 4. The number of nitrogens with one attached hydrogen (secondary N) is 1. The fourth-order valence-electron chi connectivity index (χ4n) is 0.898. The molecule has 0 saturated heterocycles. The third-order valence-electron chi connectivity index (χ3n) is 1.73. The summed E-state index contributed by atoms with van der Waals surface area (Å²) in [5.74, 6) is 2.06. The van der Waals surface area contributed by atoms with Crippen LogP contribution in [0, 0.1) is 12.3 Å². The van der Waals surface area contributed by atoms with Gasteiger partial charge in [0, 0.05) is 0 Å². The highest BCUT2D eigenvalue weighted by Crippen LogP contribution is 2.07. The molecule has 4 heteroatoms. The van der Waals surface area contributed by atoms with Crippen molar-refractivity contribution in [1.29, 1.82) is 0 Å². The third kappa shape index (κ3) is 2.64. The molecule has 1 aromatic heterocycles. The van der Waals surface area contributed by atoms with E-state index in [1.807, 2.05) is 6.92 Å². The molecule has 1 unspecified atom stereocenters. The molecule has 1 heterocycles. The van der Waals surface area contributed by atoms with Gasteiger partial charge in [-0.25, -0.2) is 4.79 Å². The van der Waals surface area contributed by atoms with Crippen LogP contribution in [0.25, 0.3) is 0 Å². The van der Waals surface area contributed by atoms with Gasteiger partial charge < -0.3 is 9.52 Å². The van der Waals surface area contributed by atoms with Crippen LogP contribution in [0.15, 0.2) is 16.7 Å². The first-order valence-electron chi connectivity index (χ1n) is 4.13. The van der Waals surface area contributed by atoms with E-state index in [9.17, 15) is 4.79 Å². The van der Waals surface area contributed by atoms with Gasteiger partial charge in [-0.2, -0.15) is 0 Å². The van der Waals surface area contributed by atoms with Gasteiger partial charge in [-0.3, -0.25) is 5.32 Å². The molecule has 74 valence electrons. The van der Waals surface area contributed by atoms with Crippen LogP contribution in [0.5, 0.6) is 0 Å². The highest BCUT2D eigenvalue weighted by molar-refractivity contribution is 5.87. The molecule has 4 nitrogen and oxygen atoms in total. The van der Waals surface area contributed by atoms with Crippen LogP contribution in [0.1, 0.15) is 23.0 Å². The van der Waals surface area contributed by atoms with Crippen LogP contribution in [0.4, 0.5) is 0 Å². The van der Waals surface area contributed by atoms with Gasteiger partial charge in [0.05, 0.1) is 18.2 Å². The van der Waals surface area contributed by atoms with Crippen molar-refractivity contribution >= 4 is 5.97 Å². The number of furan rings is 1. The number of hydrogen-bond acceptors (Lipinski definition) is 3. The number of hydrogen-bond donors (Lipinski definition) is 2. The van der Waals surface area contributed by atoms with E-state index in [0.29, 0.717) is 12.3 Å². The molecule has 1 atom stereocenters. The number of terminal acetylenes is 1. The zero-order valence-corrected chi connectivity index (χ0v) is 7.78. The van der Waals surface area contributed by atoms with Gasteiger partial charge in [0.2, 0.25) is 0 Å². The van der Waals surface area contributed by atoms with Crippen molar-refractivity contribution in [3.8, 4) is 12.3 Å². The Balaban J connectivity index is 2.53. The molecule has 2 N–H and O–H groups in total. The number of carbonyl (C=O) groups is 1. The number of carboxylic acids is 1. The Labute approximate surface area is 81.9 Å². The lowest BCUT2D eigenvalue weighted by Crippen LogP contribution is -2.23. The molecule has 14 heavy (non-hydrogen) atoms. The SMILES string of the molecule is C#CC(C)NCc1cc(C(=O)O)co1. The van der Waals surface area contributed by atoms with Crippen molar-refractivity contribution in [2.75, 3.05) is 0 Å². The minimum absolute atomic E-state index is 0.0617. The molecule has 1 rings (SSSR count). The van der Waals surface area contributed by atoms with Crippen molar-refractivity contribution < 1.29 is 14.3 Å². The summed E-state index contributed by atoms with van der Waals surface area (Å²) in [6.07, 6.45) is 6.36. The Morgan fingerprint density at radius 2 is 2.57 bits per heavy atom. The molecule has 0 spiro atoms. The summed E-state index contributed by atoms with van der Waals surface area (Å²) >= 11 is 0. The highest BCUT2D eigenvalue weighted by Gasteiger charge is 2.08. The average Bonchev–Trinajstić information content (AvgIpc) is 2.62. The van der Waals surface area contributed by atoms with Crippen molar-refractivity contribution in [2.45, 2.75) is 19.5 Å². The zero-order chi connectivity index (χ0) is 10.6. The van der Waals surface area contributed by atoms with Crippen molar-refractivity contribution in [1.82, 2.24) is 5.32 Å². The van der Waals surface area contributed by atoms with Gasteiger partial charge in [0.1, 0.15) is 12.0 Å². The summed E-state index contributed by atoms with van der Waals surface area (Å²) in [5.41, 5.74) is 0.148. The van der Waals surface area contributed by atoms with Gasteiger partial charge in [-0.15, -0.1) is 6.42 Å². The summed E-state index contributed by atoms with van der Waals surface area (Å²) in [6, 6.07) is 1.41. The quantitative estimate of drug-likeness (QED) is 0.702. The summed E-state index contributed by atoms with van der Waals surface area (Å²) in [5, 5.41) is 11.6. The van der Waals surface area contributed by atoms with Crippen LogP contribution < -0.4 is 5.32 Å². The molecule has 0 aromatic carbocycles. The molecule has 1 aromatic rings. The minimum atomic E-state index is -0.995. The topological polar surface area (TPSA) is 62.5 Å². The highest BCUT2D eigenvalue weighted by atomic mass is 16.4. The van der Waals surface area contributed by atoms with E-state index < -0.39 is 5.97 Å². The molecule has 0 amide bonds. The van der Waals surface area contributed by atoms with Crippen LogP contribution in [-0.4, -0.2) is 17.1 Å². The molecule has 0 fully saturated rings. The number of aromatic carboxylic acids is 1. The van der Waals surface area contributed by atoms with Gasteiger partial charge in [0.15, 0.2) is 0 Å². The second-order valence-corrected chi connectivity index (χ2v) is 2.88. The Morgan fingerprint density at radius 1 is 1.86 bits per heavy atom. The van der Waals surface area contributed by atoms with Crippen molar-refractivity contribution in [3.63, 3.8) is 0 Å². The molecule has 0 aliphatic heterocycles. The van der Waals surface area contributed by atoms with Gasteiger partial charge in [-0.1, -0.05) is 5.92 Å². The molecule has 0 aliphatic carbocycles. The van der Waals surface area contributed by atoms with Crippen LogP contribution in [-0.2, 0) is 6.54 Å². The number of carboxylic acid groups (broad SMARTS) is 1. The first-order chi connectivity index (χ1) is 6.63. The van der Waals surface area contributed by atoms with Crippen LogP contribution >= 0.6 is 0 Å². The molecular formula is C10H11NO3. The summed E-state index contributed by atoms with van der Waals surface area (Å²) in [6.45, 7) is 2.26. The third-order valence-corrected chi connectivity index (χ3v) is 1.73. The summed E-state index contributed by atoms with van der Waals surface area (Å²) in [4.78, 5) is 10.5. The first kappa shape index (κ1) is 10.4. The lowest BCUT2D eigenvalue weighted by atomic mass is 10.3. The van der Waals surface area contributed by atoms with E-state index in [1.54, 1.807) is 0 Å². The molecule has 0 saturated carbocycles. The summed E-state index contributed by atoms with van der Waals surface area (Å²) < 4.78 is 5.01. The van der Waals surface area contributed by atoms with E-state index in [0.717, 1.165) is 0 Å². The van der Waals surface area contributed by atoms with E-state index in [-0.39, 0.29) is 11.6 Å². The zero-order valence-electron chi connectivity index (χ0n) is 7.78. The van der Waals surface area contributed by atoms with E-state index in [2.05, 4.69) is 11.2 Å². The smallest absolute Gasteiger partial charge is 0.338 e. The lowest BCUT2D eigenvalue weighted by Gasteiger charge is -2.03. The molecular weight excluding hydrogens is 182 g/mol. The van der Waals surface area contributed by atoms with E-state index in [1.165, 1.54) is 12.3 Å². The average molecular weight is 193 g/mol. The fraction of sp³-hybridized carbons (Fsp3) is 0.300. The molecule has 0 radical (unpaired) electrons. The van der Waals surface area contributed by atoms with Crippen LogP contribution in [0.3, 0.4) is 0 Å².